The van der Waals surface area contributed by atoms with Crippen molar-refractivity contribution in [3.63, 3.8) is 0 Å². The third kappa shape index (κ3) is 4.12. The number of halogens is 1. The van der Waals surface area contributed by atoms with E-state index in [0.717, 1.165) is 52.1 Å². The molecule has 4 rings (SSSR count). The second kappa shape index (κ2) is 8.32. The molecule has 1 amide bonds. The molecule has 2 aliphatic heterocycles. The Kier molecular flexibility index (Phi) is 5.65. The molecular formula is C22H26ClN3O. The van der Waals surface area contributed by atoms with Gasteiger partial charge >= 0.3 is 0 Å². The van der Waals surface area contributed by atoms with Crippen LogP contribution in [0.1, 0.15) is 23.2 Å². The Morgan fingerprint density at radius 1 is 0.815 bits per heavy atom. The quantitative estimate of drug-likeness (QED) is 0.807. The van der Waals surface area contributed by atoms with Crippen LogP contribution in [0, 0.1) is 0 Å². The number of hydrogen-bond donors (Lipinski definition) is 0. The minimum atomic E-state index is 0.0629. The molecule has 0 N–H and O–H groups in total. The van der Waals surface area contributed by atoms with Gasteiger partial charge in [0.05, 0.1) is 10.6 Å². The summed E-state index contributed by atoms with van der Waals surface area (Å²) in [5.74, 6) is 0.0629. The topological polar surface area (TPSA) is 26.8 Å². The number of piperidine rings is 1. The number of benzene rings is 2. The highest BCUT2D eigenvalue weighted by Gasteiger charge is 2.29. The lowest BCUT2D eigenvalue weighted by Crippen LogP contribution is -2.53. The number of piperazine rings is 1. The minimum absolute atomic E-state index is 0.0629. The van der Waals surface area contributed by atoms with Crippen molar-refractivity contribution in [2.75, 3.05) is 44.2 Å². The van der Waals surface area contributed by atoms with Crippen molar-refractivity contribution in [1.82, 2.24) is 9.80 Å². The molecule has 142 valence electrons. The molecule has 0 saturated carbocycles. The van der Waals surface area contributed by atoms with E-state index >= 15 is 0 Å². The Morgan fingerprint density at radius 3 is 2.11 bits per heavy atom. The van der Waals surface area contributed by atoms with Crippen molar-refractivity contribution < 1.29 is 4.79 Å². The summed E-state index contributed by atoms with van der Waals surface area (Å²) in [5, 5.41) is 0.543. The van der Waals surface area contributed by atoms with Gasteiger partial charge < -0.3 is 9.80 Å². The summed E-state index contributed by atoms with van der Waals surface area (Å²) in [6, 6.07) is 18.6. The Hall–Kier alpha value is -2.04. The molecule has 2 heterocycles. The maximum atomic E-state index is 12.7. The first kappa shape index (κ1) is 18.3. The predicted molar refractivity (Wildman–Crippen MR) is 111 cm³/mol. The van der Waals surface area contributed by atoms with Crippen LogP contribution in [0.4, 0.5) is 5.69 Å². The molecule has 0 aromatic heterocycles. The maximum absolute atomic E-state index is 12.7. The summed E-state index contributed by atoms with van der Waals surface area (Å²) in [6.45, 7) is 5.96. The summed E-state index contributed by atoms with van der Waals surface area (Å²) in [6.07, 6.45) is 2.09. The number of amides is 1. The van der Waals surface area contributed by atoms with Gasteiger partial charge in [-0.05, 0) is 37.1 Å². The fourth-order valence-corrected chi connectivity index (χ4v) is 4.44. The van der Waals surface area contributed by atoms with Crippen LogP contribution in [-0.2, 0) is 0 Å². The highest BCUT2D eigenvalue weighted by atomic mass is 35.5. The third-order valence-electron chi connectivity index (χ3n) is 5.81. The molecule has 0 bridgehead atoms. The lowest BCUT2D eigenvalue weighted by molar-refractivity contribution is 0.0611. The molecule has 0 spiro atoms. The van der Waals surface area contributed by atoms with Crippen molar-refractivity contribution in [3.05, 3.63) is 65.2 Å². The van der Waals surface area contributed by atoms with Crippen LogP contribution in [0.25, 0.3) is 0 Å². The van der Waals surface area contributed by atoms with Crippen LogP contribution >= 0.6 is 11.6 Å². The number of nitrogens with zero attached hydrogens (tertiary/aromatic N) is 3. The first-order valence-electron chi connectivity index (χ1n) is 9.80. The Balaban J connectivity index is 1.29. The maximum Gasteiger partial charge on any atom is 0.255 e. The minimum Gasteiger partial charge on any atom is -0.369 e. The van der Waals surface area contributed by atoms with E-state index in [1.807, 2.05) is 23.1 Å². The average molecular weight is 384 g/mol. The zero-order valence-corrected chi connectivity index (χ0v) is 16.3. The van der Waals surface area contributed by atoms with Gasteiger partial charge in [-0.2, -0.15) is 0 Å². The molecule has 0 radical (unpaired) electrons. The number of anilines is 1. The van der Waals surface area contributed by atoms with Gasteiger partial charge in [0.1, 0.15) is 0 Å². The Morgan fingerprint density at radius 2 is 1.44 bits per heavy atom. The molecular weight excluding hydrogens is 358 g/mol. The monoisotopic (exact) mass is 383 g/mol. The zero-order chi connectivity index (χ0) is 18.6. The smallest absolute Gasteiger partial charge is 0.255 e. The molecule has 4 nitrogen and oxygen atoms in total. The van der Waals surface area contributed by atoms with Crippen LogP contribution in [0.3, 0.4) is 0 Å². The lowest BCUT2D eigenvalue weighted by Gasteiger charge is -2.43. The van der Waals surface area contributed by atoms with E-state index in [2.05, 4.69) is 40.1 Å². The van der Waals surface area contributed by atoms with Gasteiger partial charge in [-0.25, -0.2) is 0 Å². The van der Waals surface area contributed by atoms with Crippen molar-refractivity contribution in [1.29, 1.82) is 0 Å². The summed E-state index contributed by atoms with van der Waals surface area (Å²) in [7, 11) is 0. The van der Waals surface area contributed by atoms with Crippen molar-refractivity contribution in [3.8, 4) is 0 Å². The third-order valence-corrected chi connectivity index (χ3v) is 6.14. The molecule has 0 aliphatic carbocycles. The number of hydrogen-bond acceptors (Lipinski definition) is 3. The van der Waals surface area contributed by atoms with Crippen LogP contribution in [0.2, 0.25) is 5.02 Å². The van der Waals surface area contributed by atoms with Gasteiger partial charge in [-0.3, -0.25) is 9.69 Å². The normalized spacial score (nSPS) is 19.3. The van der Waals surface area contributed by atoms with Gasteiger partial charge in [-0.15, -0.1) is 0 Å². The van der Waals surface area contributed by atoms with Crippen LogP contribution in [-0.4, -0.2) is 61.0 Å². The molecule has 2 aliphatic rings. The van der Waals surface area contributed by atoms with E-state index in [0.29, 0.717) is 16.6 Å². The second-order valence-electron chi connectivity index (χ2n) is 7.36. The molecule has 2 aromatic carbocycles. The van der Waals surface area contributed by atoms with E-state index in [-0.39, 0.29) is 5.91 Å². The second-order valence-corrected chi connectivity index (χ2v) is 7.77. The summed E-state index contributed by atoms with van der Waals surface area (Å²) >= 11 is 6.19. The molecule has 2 fully saturated rings. The molecule has 0 atom stereocenters. The fraction of sp³-hybridized carbons (Fsp3) is 0.409. The summed E-state index contributed by atoms with van der Waals surface area (Å²) in [5.41, 5.74) is 1.94. The van der Waals surface area contributed by atoms with E-state index in [1.165, 1.54) is 5.69 Å². The van der Waals surface area contributed by atoms with E-state index in [9.17, 15) is 4.79 Å². The number of likely N-dealkylation sites (tertiary alicyclic amines) is 1. The zero-order valence-electron chi connectivity index (χ0n) is 15.6. The number of carbonyl (C=O) groups excluding carboxylic acids is 1. The van der Waals surface area contributed by atoms with Gasteiger partial charge in [0, 0.05) is 51.0 Å². The van der Waals surface area contributed by atoms with Crippen LogP contribution < -0.4 is 4.90 Å². The van der Waals surface area contributed by atoms with Crippen molar-refractivity contribution >= 4 is 23.2 Å². The lowest BCUT2D eigenvalue weighted by atomic mass is 10.0. The van der Waals surface area contributed by atoms with E-state index in [1.54, 1.807) is 6.07 Å². The number of carbonyl (C=O) groups is 1. The SMILES string of the molecule is O=C(c1ccccc1Cl)N1CCC(N2CCN(c3ccccc3)CC2)CC1. The van der Waals surface area contributed by atoms with E-state index in [4.69, 9.17) is 11.6 Å². The molecule has 0 unspecified atom stereocenters. The fourth-order valence-electron chi connectivity index (χ4n) is 4.22. The predicted octanol–water partition coefficient (Wildman–Crippen LogP) is 3.77. The highest BCUT2D eigenvalue weighted by Crippen LogP contribution is 2.24. The Labute approximate surface area is 166 Å². The van der Waals surface area contributed by atoms with Gasteiger partial charge in [0.15, 0.2) is 0 Å². The molecule has 2 aromatic rings. The van der Waals surface area contributed by atoms with Gasteiger partial charge in [-0.1, -0.05) is 41.9 Å². The standard InChI is InChI=1S/C22H26ClN3O/c23-21-9-5-4-8-20(21)22(27)26-12-10-19(11-13-26)25-16-14-24(15-17-25)18-6-2-1-3-7-18/h1-9,19H,10-17H2. The molecule has 2 saturated heterocycles. The summed E-state index contributed by atoms with van der Waals surface area (Å²) < 4.78 is 0. The summed E-state index contributed by atoms with van der Waals surface area (Å²) in [4.78, 5) is 19.8. The average Bonchev–Trinajstić information content (AvgIpc) is 2.74. The first-order chi connectivity index (χ1) is 13.2. The molecule has 5 heteroatoms. The van der Waals surface area contributed by atoms with Crippen molar-refractivity contribution in [2.24, 2.45) is 0 Å². The highest BCUT2D eigenvalue weighted by molar-refractivity contribution is 6.33. The van der Waals surface area contributed by atoms with Crippen LogP contribution in [0.5, 0.6) is 0 Å². The Bertz CT molecular complexity index is 766. The number of rotatable bonds is 3. The van der Waals surface area contributed by atoms with Gasteiger partial charge in [0.25, 0.3) is 5.91 Å². The van der Waals surface area contributed by atoms with Gasteiger partial charge in [0.2, 0.25) is 0 Å². The first-order valence-corrected chi connectivity index (χ1v) is 10.2. The van der Waals surface area contributed by atoms with Crippen molar-refractivity contribution in [2.45, 2.75) is 18.9 Å². The van der Waals surface area contributed by atoms with Crippen LogP contribution in [0.15, 0.2) is 54.6 Å². The van der Waals surface area contributed by atoms with E-state index < -0.39 is 0 Å². The largest absolute Gasteiger partial charge is 0.369 e. The molecule has 27 heavy (non-hydrogen) atoms. The number of para-hydroxylation sites is 1.